The van der Waals surface area contributed by atoms with Crippen LogP contribution in [0.1, 0.15) is 50.4 Å². The largest absolute Gasteiger partial charge is 1.00 e. The van der Waals surface area contributed by atoms with E-state index in [-0.39, 0.29) is 41.8 Å². The zero-order valence-electron chi connectivity index (χ0n) is 14.3. The molecule has 2 rings (SSSR count). The van der Waals surface area contributed by atoms with E-state index in [0.717, 1.165) is 0 Å². The molecule has 1 aliphatic rings. The Balaban J connectivity index is 0.00000288. The standard InChI is InChI=1S/C18H23NO4.ClH/c1-4-8-14(20)18(3)11-17(2,12-19(18)16(22)23)15(21)13-9-6-5-7-10-13;/h5-7,9-10H,4,8,11-12H2,1-3H3,(H,22,23);1H/t17?,18-;/m1./s1. The van der Waals surface area contributed by atoms with Crippen LogP contribution >= 0.6 is 0 Å². The van der Waals surface area contributed by atoms with Crippen molar-refractivity contribution in [3.63, 3.8) is 0 Å². The molecule has 0 saturated carbocycles. The SMILES string of the molecule is CCCC(=O)[C@@]1(C)CC(C)(C(=O)c2ccccc2)C[NH+]1C(=O)O.[Cl-]. The van der Waals surface area contributed by atoms with Gasteiger partial charge in [0.05, 0.1) is 5.41 Å². The molecule has 1 aromatic carbocycles. The second-order valence-corrected chi connectivity index (χ2v) is 6.90. The molecule has 0 aliphatic carbocycles. The maximum atomic E-state index is 12.9. The van der Waals surface area contributed by atoms with Crippen LogP contribution in [-0.2, 0) is 4.79 Å². The molecule has 3 atom stereocenters. The topological polar surface area (TPSA) is 75.9 Å². The molecule has 1 saturated heterocycles. The smallest absolute Gasteiger partial charge is 0.512 e. The Hall–Kier alpha value is -1.72. The number of likely N-dealkylation sites (tertiary alicyclic amines) is 1. The Bertz CT molecular complexity index is 633. The van der Waals surface area contributed by atoms with Crippen LogP contribution in [0.4, 0.5) is 4.79 Å². The number of amides is 1. The number of hydrogen-bond donors (Lipinski definition) is 2. The summed E-state index contributed by atoms with van der Waals surface area (Å²) in [5.74, 6) is -0.174. The van der Waals surface area contributed by atoms with Crippen molar-refractivity contribution in [3.05, 3.63) is 35.9 Å². The maximum Gasteiger partial charge on any atom is 0.512 e. The van der Waals surface area contributed by atoms with Crippen molar-refractivity contribution in [1.82, 2.24) is 0 Å². The van der Waals surface area contributed by atoms with Crippen molar-refractivity contribution >= 4 is 17.7 Å². The first-order valence-corrected chi connectivity index (χ1v) is 7.97. The third-order valence-corrected chi connectivity index (χ3v) is 4.91. The van der Waals surface area contributed by atoms with Crippen LogP contribution in [-0.4, -0.2) is 34.8 Å². The molecule has 0 aromatic heterocycles. The molecule has 1 fully saturated rings. The van der Waals surface area contributed by atoms with Crippen LogP contribution in [0.15, 0.2) is 30.3 Å². The second kappa shape index (κ2) is 7.45. The number of carboxylic acid groups (broad SMARTS) is 1. The lowest BCUT2D eigenvalue weighted by Gasteiger charge is -2.26. The van der Waals surface area contributed by atoms with E-state index in [9.17, 15) is 19.5 Å². The van der Waals surface area contributed by atoms with Gasteiger partial charge in [-0.15, -0.1) is 0 Å². The van der Waals surface area contributed by atoms with Crippen molar-refractivity contribution in [3.8, 4) is 0 Å². The summed E-state index contributed by atoms with van der Waals surface area (Å²) in [6.07, 6.45) is 0.198. The summed E-state index contributed by atoms with van der Waals surface area (Å²) < 4.78 is 0. The number of benzene rings is 1. The molecule has 1 aliphatic heterocycles. The highest BCUT2D eigenvalue weighted by molar-refractivity contribution is 6.01. The number of ketones is 2. The van der Waals surface area contributed by atoms with Crippen LogP contribution in [0.25, 0.3) is 0 Å². The quantitative estimate of drug-likeness (QED) is 0.664. The lowest BCUT2D eigenvalue weighted by Crippen LogP contribution is -3.21. The van der Waals surface area contributed by atoms with Gasteiger partial charge in [-0.05, 0) is 20.3 Å². The number of quaternary nitrogens is 1. The third kappa shape index (κ3) is 3.52. The van der Waals surface area contributed by atoms with E-state index in [4.69, 9.17) is 0 Å². The molecule has 24 heavy (non-hydrogen) atoms. The van der Waals surface area contributed by atoms with Gasteiger partial charge >= 0.3 is 6.09 Å². The average Bonchev–Trinajstić information content (AvgIpc) is 2.82. The predicted molar refractivity (Wildman–Crippen MR) is 85.7 cm³/mol. The summed E-state index contributed by atoms with van der Waals surface area (Å²) in [6.45, 7) is 5.47. The highest BCUT2D eigenvalue weighted by Crippen LogP contribution is 2.35. The van der Waals surface area contributed by atoms with Crippen molar-refractivity contribution in [2.75, 3.05) is 6.54 Å². The van der Waals surface area contributed by atoms with E-state index < -0.39 is 17.0 Å². The lowest BCUT2D eigenvalue weighted by molar-refractivity contribution is -0.854. The lowest BCUT2D eigenvalue weighted by atomic mass is 9.75. The Morgan fingerprint density at radius 2 is 1.75 bits per heavy atom. The normalized spacial score (nSPS) is 28.9. The Kier molecular flexibility index (Phi) is 6.31. The minimum atomic E-state index is -1.07. The van der Waals surface area contributed by atoms with Crippen LogP contribution in [0.5, 0.6) is 0 Å². The monoisotopic (exact) mass is 353 g/mol. The van der Waals surface area contributed by atoms with Crippen LogP contribution in [0.3, 0.4) is 0 Å². The molecule has 132 valence electrons. The Morgan fingerprint density at radius 1 is 1.17 bits per heavy atom. The maximum absolute atomic E-state index is 12.9. The average molecular weight is 354 g/mol. The molecule has 5 nitrogen and oxygen atoms in total. The van der Waals surface area contributed by atoms with Gasteiger partial charge in [0.2, 0.25) is 0 Å². The third-order valence-electron chi connectivity index (χ3n) is 4.91. The zero-order chi connectivity index (χ0) is 17.3. The van der Waals surface area contributed by atoms with Gasteiger partial charge in [-0.1, -0.05) is 37.3 Å². The summed E-state index contributed by atoms with van der Waals surface area (Å²) in [6, 6.07) is 8.87. The summed E-state index contributed by atoms with van der Waals surface area (Å²) in [5.41, 5.74) is -1.35. The molecule has 1 heterocycles. The molecule has 2 N–H and O–H groups in total. The fraction of sp³-hybridized carbons (Fsp3) is 0.500. The predicted octanol–water partition coefficient (Wildman–Crippen LogP) is -1.03. The van der Waals surface area contributed by atoms with E-state index in [2.05, 4.69) is 0 Å². The van der Waals surface area contributed by atoms with Crippen LogP contribution < -0.4 is 17.3 Å². The van der Waals surface area contributed by atoms with Gasteiger partial charge in [0.15, 0.2) is 17.1 Å². The summed E-state index contributed by atoms with van der Waals surface area (Å²) in [7, 11) is 0. The van der Waals surface area contributed by atoms with Gasteiger partial charge in [0.25, 0.3) is 0 Å². The fourth-order valence-corrected chi connectivity index (χ4v) is 3.71. The van der Waals surface area contributed by atoms with Gasteiger partial charge in [-0.2, -0.15) is 4.79 Å². The minimum absolute atomic E-state index is 0. The van der Waals surface area contributed by atoms with Gasteiger partial charge in [0.1, 0.15) is 6.54 Å². The number of nitrogens with one attached hydrogen (secondary N) is 1. The second-order valence-electron chi connectivity index (χ2n) is 6.90. The first-order valence-electron chi connectivity index (χ1n) is 7.97. The number of carbonyl (C=O) groups excluding carboxylic acids is 2. The van der Waals surface area contributed by atoms with E-state index in [1.165, 1.54) is 0 Å². The van der Waals surface area contributed by atoms with Crippen molar-refractivity contribution < 1.29 is 36.8 Å². The molecular weight excluding hydrogens is 330 g/mol. The van der Waals surface area contributed by atoms with E-state index >= 15 is 0 Å². The van der Waals surface area contributed by atoms with Gasteiger partial charge in [0, 0.05) is 18.4 Å². The number of Topliss-reactive ketones (excluding diaryl/α,β-unsaturated/α-hetero) is 2. The van der Waals surface area contributed by atoms with Gasteiger partial charge in [-0.3, -0.25) is 9.59 Å². The summed E-state index contributed by atoms with van der Waals surface area (Å²) in [5, 5.41) is 9.55. The highest BCUT2D eigenvalue weighted by atomic mass is 35.5. The molecule has 1 aromatic rings. The van der Waals surface area contributed by atoms with Gasteiger partial charge < -0.3 is 17.5 Å². The zero-order valence-corrected chi connectivity index (χ0v) is 15.0. The molecule has 1 amide bonds. The van der Waals surface area contributed by atoms with E-state index in [1.54, 1.807) is 38.1 Å². The number of rotatable bonds is 5. The Labute approximate surface area is 148 Å². The van der Waals surface area contributed by atoms with Crippen LogP contribution in [0.2, 0.25) is 0 Å². The van der Waals surface area contributed by atoms with Gasteiger partial charge in [-0.25, -0.2) is 4.90 Å². The summed E-state index contributed by atoms with van der Waals surface area (Å²) >= 11 is 0. The Morgan fingerprint density at radius 3 is 2.25 bits per heavy atom. The first kappa shape index (κ1) is 20.3. The first-order chi connectivity index (χ1) is 10.7. The summed E-state index contributed by atoms with van der Waals surface area (Å²) in [4.78, 5) is 37.3. The van der Waals surface area contributed by atoms with Crippen molar-refractivity contribution in [2.24, 2.45) is 5.41 Å². The number of hydrogen-bond acceptors (Lipinski definition) is 3. The van der Waals surface area contributed by atoms with Crippen LogP contribution in [0, 0.1) is 5.41 Å². The number of halogens is 1. The van der Waals surface area contributed by atoms with E-state index in [0.29, 0.717) is 18.4 Å². The molecule has 0 radical (unpaired) electrons. The molecular formula is C18H24ClNO4. The van der Waals surface area contributed by atoms with E-state index in [1.807, 2.05) is 13.0 Å². The molecule has 2 unspecified atom stereocenters. The fourth-order valence-electron chi connectivity index (χ4n) is 3.71. The molecule has 0 bridgehead atoms. The van der Waals surface area contributed by atoms with Crippen molar-refractivity contribution in [1.29, 1.82) is 0 Å². The minimum Gasteiger partial charge on any atom is -1.00 e. The molecule has 6 heteroatoms. The highest BCUT2D eigenvalue weighted by Gasteiger charge is 2.61. The molecule has 0 spiro atoms. The number of carbonyl (C=O) groups is 3. The van der Waals surface area contributed by atoms with Crippen molar-refractivity contribution in [2.45, 2.75) is 45.6 Å².